The van der Waals surface area contributed by atoms with Crippen LogP contribution >= 0.6 is 0 Å². The molecule has 0 spiro atoms. The first-order valence-corrected chi connectivity index (χ1v) is 9.56. The van der Waals surface area contributed by atoms with Crippen LogP contribution in [0, 0.1) is 5.92 Å². The minimum absolute atomic E-state index is 0.0143. The first-order valence-electron chi connectivity index (χ1n) is 7.71. The van der Waals surface area contributed by atoms with E-state index in [2.05, 4.69) is 21.7 Å². The van der Waals surface area contributed by atoms with Crippen LogP contribution in [-0.4, -0.2) is 52.8 Å². The lowest BCUT2D eigenvalue weighted by atomic mass is 9.84. The topological polar surface area (TPSA) is 75.4 Å². The van der Waals surface area contributed by atoms with Gasteiger partial charge in [0.1, 0.15) is 0 Å². The van der Waals surface area contributed by atoms with Crippen molar-refractivity contribution in [1.82, 2.24) is 13.9 Å². The summed E-state index contributed by atoms with van der Waals surface area (Å²) in [6.45, 7) is 0.607. The Hall–Kier alpha value is -1.70. The zero-order valence-corrected chi connectivity index (χ0v) is 13.6. The number of benzene rings is 1. The van der Waals surface area contributed by atoms with Gasteiger partial charge in [0, 0.05) is 24.6 Å². The number of β-amino-alcohol motifs (C(OH)–C–C–N with tert-alkyl or cyclic N) is 1. The molecule has 1 fully saturated rings. The summed E-state index contributed by atoms with van der Waals surface area (Å²) in [6.07, 6.45) is 4.78. The van der Waals surface area contributed by atoms with E-state index in [1.807, 2.05) is 18.3 Å². The fourth-order valence-electron chi connectivity index (χ4n) is 3.90. The molecule has 122 valence electrons. The fraction of sp³-hybridized carbons (Fsp3) is 0.438. The van der Waals surface area contributed by atoms with Crippen LogP contribution in [0.25, 0.3) is 11.3 Å². The summed E-state index contributed by atoms with van der Waals surface area (Å²) in [7, 11) is -3.26. The van der Waals surface area contributed by atoms with Crippen molar-refractivity contribution in [3.05, 3.63) is 42.4 Å². The van der Waals surface area contributed by atoms with Gasteiger partial charge in [-0.05, 0) is 12.0 Å². The van der Waals surface area contributed by atoms with Crippen molar-refractivity contribution in [3.8, 4) is 11.3 Å². The Bertz CT molecular complexity index is 846. The largest absolute Gasteiger partial charge is 0.391 e. The summed E-state index contributed by atoms with van der Waals surface area (Å²) in [5.74, 6) is -0.0235. The molecule has 2 aromatic rings. The lowest BCUT2D eigenvalue weighted by Gasteiger charge is -2.38. The highest BCUT2D eigenvalue weighted by molar-refractivity contribution is 7.88. The van der Waals surface area contributed by atoms with Gasteiger partial charge in [0.05, 0.1) is 36.6 Å². The smallest absolute Gasteiger partial charge is 0.211 e. The zero-order valence-electron chi connectivity index (χ0n) is 12.8. The average Bonchev–Trinajstić information content (AvgIpc) is 3.07. The monoisotopic (exact) mass is 333 g/mol. The third kappa shape index (κ3) is 2.31. The van der Waals surface area contributed by atoms with Crippen LogP contribution in [0.2, 0.25) is 0 Å². The minimum Gasteiger partial charge on any atom is -0.391 e. The molecule has 23 heavy (non-hydrogen) atoms. The van der Waals surface area contributed by atoms with Crippen LogP contribution in [0.1, 0.15) is 18.0 Å². The van der Waals surface area contributed by atoms with Crippen molar-refractivity contribution in [3.63, 3.8) is 0 Å². The van der Waals surface area contributed by atoms with Gasteiger partial charge in [0.2, 0.25) is 10.0 Å². The highest BCUT2D eigenvalue weighted by Gasteiger charge is 2.41. The van der Waals surface area contributed by atoms with E-state index >= 15 is 0 Å². The summed E-state index contributed by atoms with van der Waals surface area (Å²) in [6, 6.07) is 8.18. The molecular formula is C16H19N3O3S. The molecular weight excluding hydrogens is 314 g/mol. The second-order valence-corrected chi connectivity index (χ2v) is 8.34. The molecule has 1 aromatic carbocycles. The van der Waals surface area contributed by atoms with E-state index < -0.39 is 16.1 Å². The highest BCUT2D eigenvalue weighted by Crippen LogP contribution is 2.45. The number of aromatic nitrogens is 2. The molecule has 1 unspecified atom stereocenters. The third-order valence-electron chi connectivity index (χ3n) is 4.99. The molecule has 1 N–H and O–H groups in total. The van der Waals surface area contributed by atoms with Gasteiger partial charge in [-0.15, -0.1) is 0 Å². The standard InChI is InChI=1S/C16H19N3O3S/c1-23(21,22)18-7-6-13(15(20)9-18)16-12-5-3-2-4-11(12)14-8-17-10-19(14)16/h2-5,8,10,13,15-16,20H,6-7,9H2,1H3/t13-,15-,16?/m1/s1. The van der Waals surface area contributed by atoms with Gasteiger partial charge in [0.15, 0.2) is 0 Å². The molecule has 3 heterocycles. The number of aliphatic hydroxyl groups excluding tert-OH is 1. The van der Waals surface area contributed by atoms with Gasteiger partial charge >= 0.3 is 0 Å². The first kappa shape index (κ1) is 14.9. The van der Waals surface area contributed by atoms with Crippen molar-refractivity contribution in [2.45, 2.75) is 18.6 Å². The Balaban J connectivity index is 1.70. The van der Waals surface area contributed by atoms with E-state index in [1.54, 1.807) is 6.33 Å². The second kappa shape index (κ2) is 5.15. The molecule has 0 aliphatic carbocycles. The molecule has 3 atom stereocenters. The number of fused-ring (bicyclic) bond motifs is 3. The maximum atomic E-state index is 11.7. The Morgan fingerprint density at radius 1 is 1.30 bits per heavy atom. The van der Waals surface area contributed by atoms with E-state index in [-0.39, 0.29) is 18.5 Å². The quantitative estimate of drug-likeness (QED) is 0.893. The van der Waals surface area contributed by atoms with Crippen LogP contribution in [0.3, 0.4) is 0 Å². The van der Waals surface area contributed by atoms with E-state index in [4.69, 9.17) is 0 Å². The first-order chi connectivity index (χ1) is 11.0. The third-order valence-corrected chi connectivity index (χ3v) is 6.26. The molecule has 0 saturated carbocycles. The van der Waals surface area contributed by atoms with Crippen molar-refractivity contribution in [2.24, 2.45) is 5.92 Å². The number of hydrogen-bond acceptors (Lipinski definition) is 4. The number of imidazole rings is 1. The molecule has 6 nitrogen and oxygen atoms in total. The molecule has 0 radical (unpaired) electrons. The van der Waals surface area contributed by atoms with Crippen molar-refractivity contribution < 1.29 is 13.5 Å². The predicted octanol–water partition coefficient (Wildman–Crippen LogP) is 1.10. The van der Waals surface area contributed by atoms with Crippen LogP contribution in [0.5, 0.6) is 0 Å². The van der Waals surface area contributed by atoms with Crippen LogP contribution in [0.4, 0.5) is 0 Å². The van der Waals surface area contributed by atoms with E-state index in [0.29, 0.717) is 13.0 Å². The van der Waals surface area contributed by atoms with Crippen LogP contribution < -0.4 is 0 Å². The lowest BCUT2D eigenvalue weighted by Crippen LogP contribution is -2.48. The summed E-state index contributed by atoms with van der Waals surface area (Å²) in [5, 5.41) is 10.6. The van der Waals surface area contributed by atoms with Gasteiger partial charge in [-0.1, -0.05) is 24.3 Å². The summed E-state index contributed by atoms with van der Waals surface area (Å²) in [4.78, 5) is 4.24. The van der Waals surface area contributed by atoms with Crippen molar-refractivity contribution >= 4 is 10.0 Å². The molecule has 0 bridgehead atoms. The van der Waals surface area contributed by atoms with Crippen LogP contribution in [-0.2, 0) is 10.0 Å². The van der Waals surface area contributed by atoms with Crippen molar-refractivity contribution in [1.29, 1.82) is 0 Å². The Morgan fingerprint density at radius 2 is 2.09 bits per heavy atom. The SMILES string of the molecule is CS(=O)(=O)N1CC[C@@H](C2c3ccccc3-c3cncn32)[C@H](O)C1. The molecule has 2 aliphatic rings. The minimum atomic E-state index is -3.26. The maximum Gasteiger partial charge on any atom is 0.211 e. The number of aliphatic hydroxyl groups is 1. The Kier molecular flexibility index (Phi) is 3.33. The molecule has 0 amide bonds. The zero-order chi connectivity index (χ0) is 16.2. The number of sulfonamides is 1. The molecule has 4 rings (SSSR count). The van der Waals surface area contributed by atoms with Gasteiger partial charge in [0.25, 0.3) is 0 Å². The van der Waals surface area contributed by atoms with Gasteiger partial charge in [-0.3, -0.25) is 0 Å². The highest BCUT2D eigenvalue weighted by atomic mass is 32.2. The number of piperidine rings is 1. The second-order valence-electron chi connectivity index (χ2n) is 6.36. The number of rotatable bonds is 2. The number of nitrogens with zero attached hydrogens (tertiary/aromatic N) is 3. The lowest BCUT2D eigenvalue weighted by molar-refractivity contribution is 0.0345. The average molecular weight is 333 g/mol. The molecule has 2 aliphatic heterocycles. The van der Waals surface area contributed by atoms with Gasteiger partial charge in [-0.25, -0.2) is 13.4 Å². The fourth-order valence-corrected chi connectivity index (χ4v) is 4.76. The summed E-state index contributed by atoms with van der Waals surface area (Å²) < 4.78 is 26.9. The molecule has 7 heteroatoms. The Labute approximate surface area is 135 Å². The van der Waals surface area contributed by atoms with Crippen LogP contribution in [0.15, 0.2) is 36.8 Å². The van der Waals surface area contributed by atoms with Gasteiger partial charge < -0.3 is 9.67 Å². The predicted molar refractivity (Wildman–Crippen MR) is 86.3 cm³/mol. The molecule has 1 aromatic heterocycles. The normalized spacial score (nSPS) is 27.7. The van der Waals surface area contributed by atoms with E-state index in [0.717, 1.165) is 11.3 Å². The number of hydrogen-bond donors (Lipinski definition) is 1. The van der Waals surface area contributed by atoms with Crippen molar-refractivity contribution in [2.75, 3.05) is 19.3 Å². The summed E-state index contributed by atoms with van der Waals surface area (Å²) in [5.41, 5.74) is 3.39. The van der Waals surface area contributed by atoms with E-state index in [1.165, 1.54) is 16.1 Å². The van der Waals surface area contributed by atoms with E-state index in [9.17, 15) is 13.5 Å². The summed E-state index contributed by atoms with van der Waals surface area (Å²) >= 11 is 0. The maximum absolute atomic E-state index is 11.7. The molecule has 1 saturated heterocycles. The Morgan fingerprint density at radius 3 is 2.83 bits per heavy atom. The van der Waals surface area contributed by atoms with Gasteiger partial charge in [-0.2, -0.15) is 4.31 Å².